The number of aryl methyl sites for hydroxylation is 1. The fourth-order valence-electron chi connectivity index (χ4n) is 3.82. The van der Waals surface area contributed by atoms with Gasteiger partial charge in [0, 0.05) is 28.2 Å². The Kier molecular flexibility index (Phi) is 9.98. The van der Waals surface area contributed by atoms with Gasteiger partial charge in [0.25, 0.3) is 10.0 Å². The molecule has 3 rings (SSSR count). The van der Waals surface area contributed by atoms with Gasteiger partial charge in [0.1, 0.15) is 18.4 Å². The van der Waals surface area contributed by atoms with Crippen LogP contribution in [0.5, 0.6) is 0 Å². The number of carbonyl (C=O) groups is 2. The van der Waals surface area contributed by atoms with Crippen LogP contribution in [0.1, 0.15) is 31.9 Å². The van der Waals surface area contributed by atoms with Gasteiger partial charge in [-0.2, -0.15) is 0 Å². The molecule has 0 aliphatic carbocycles. The van der Waals surface area contributed by atoms with Crippen molar-refractivity contribution in [2.24, 2.45) is 0 Å². The van der Waals surface area contributed by atoms with Gasteiger partial charge in [0.2, 0.25) is 11.8 Å². The normalized spacial score (nSPS) is 12.2. The van der Waals surface area contributed by atoms with Gasteiger partial charge in [-0.1, -0.05) is 47.0 Å². The predicted molar refractivity (Wildman–Crippen MR) is 152 cm³/mol. The highest BCUT2D eigenvalue weighted by atomic mass is 35.5. The number of sulfonamides is 1. The van der Waals surface area contributed by atoms with Crippen molar-refractivity contribution in [3.8, 4) is 0 Å². The second-order valence-electron chi connectivity index (χ2n) is 9.36. The van der Waals surface area contributed by atoms with E-state index in [1.807, 2.05) is 6.92 Å². The number of benzene rings is 3. The summed E-state index contributed by atoms with van der Waals surface area (Å²) >= 11 is 12.7. The van der Waals surface area contributed by atoms with Gasteiger partial charge in [0.15, 0.2) is 0 Å². The van der Waals surface area contributed by atoms with E-state index >= 15 is 0 Å². The van der Waals surface area contributed by atoms with E-state index in [-0.39, 0.29) is 23.2 Å². The predicted octanol–water partition coefficient (Wildman–Crippen LogP) is 5.58. The molecule has 0 aliphatic heterocycles. The zero-order valence-corrected chi connectivity index (χ0v) is 24.3. The summed E-state index contributed by atoms with van der Waals surface area (Å²) in [5.74, 6) is -1.68. The number of nitrogens with one attached hydrogen (secondary N) is 1. The van der Waals surface area contributed by atoms with Crippen LogP contribution in [0.4, 0.5) is 10.1 Å². The zero-order chi connectivity index (χ0) is 28.9. The first-order valence-electron chi connectivity index (χ1n) is 12.2. The van der Waals surface area contributed by atoms with Crippen molar-refractivity contribution in [1.29, 1.82) is 0 Å². The average Bonchev–Trinajstić information content (AvgIpc) is 2.87. The lowest BCUT2D eigenvalue weighted by molar-refractivity contribution is -0.139. The first-order valence-corrected chi connectivity index (χ1v) is 14.4. The van der Waals surface area contributed by atoms with Crippen LogP contribution < -0.4 is 9.62 Å². The minimum absolute atomic E-state index is 0.0449. The molecule has 1 N–H and O–H groups in total. The quantitative estimate of drug-likeness (QED) is 0.332. The van der Waals surface area contributed by atoms with Crippen molar-refractivity contribution in [3.05, 3.63) is 93.7 Å². The van der Waals surface area contributed by atoms with E-state index in [9.17, 15) is 22.4 Å². The van der Waals surface area contributed by atoms with Crippen LogP contribution >= 0.6 is 23.2 Å². The number of amides is 2. The Morgan fingerprint density at radius 2 is 1.49 bits per heavy atom. The summed E-state index contributed by atoms with van der Waals surface area (Å²) in [6.07, 6.45) is 0. The van der Waals surface area contributed by atoms with Gasteiger partial charge in [-0.3, -0.25) is 13.9 Å². The Balaban J connectivity index is 2.06. The van der Waals surface area contributed by atoms with E-state index in [1.165, 1.54) is 36.1 Å². The van der Waals surface area contributed by atoms with Crippen molar-refractivity contribution < 1.29 is 22.4 Å². The summed E-state index contributed by atoms with van der Waals surface area (Å²) in [6, 6.07) is 14.6. The number of carbonyl (C=O) groups excluding carboxylic acids is 2. The number of hydrogen-bond acceptors (Lipinski definition) is 4. The third-order valence-corrected chi connectivity index (χ3v) is 8.49. The number of nitrogens with zero attached hydrogens (tertiary/aromatic N) is 2. The Hall–Kier alpha value is -3.14. The Morgan fingerprint density at radius 1 is 0.923 bits per heavy atom. The molecule has 208 valence electrons. The largest absolute Gasteiger partial charge is 0.352 e. The summed E-state index contributed by atoms with van der Waals surface area (Å²) < 4.78 is 42.1. The minimum Gasteiger partial charge on any atom is -0.352 e. The molecule has 0 bridgehead atoms. The van der Waals surface area contributed by atoms with E-state index in [4.69, 9.17) is 23.2 Å². The lowest BCUT2D eigenvalue weighted by Gasteiger charge is -2.32. The van der Waals surface area contributed by atoms with Crippen LogP contribution in [0.15, 0.2) is 71.6 Å². The van der Waals surface area contributed by atoms with Crippen molar-refractivity contribution in [3.63, 3.8) is 0 Å². The first kappa shape index (κ1) is 30.4. The molecule has 3 aromatic carbocycles. The standard InChI is InChI=1S/C28H30Cl2FN3O4S/c1-18(2)32-28(36)20(4)33(16-24-25(29)6-5-7-26(24)30)27(35)17-34(22-12-10-21(31)11-13-22)39(37,38)23-14-8-19(3)9-15-23/h5-15,18,20H,16-17H2,1-4H3,(H,32,36)/t20-/m0/s1. The third-order valence-electron chi connectivity index (χ3n) is 5.99. The van der Waals surface area contributed by atoms with Gasteiger partial charge < -0.3 is 10.2 Å². The summed E-state index contributed by atoms with van der Waals surface area (Å²) in [7, 11) is -4.26. The molecule has 0 heterocycles. The molecule has 0 aromatic heterocycles. The van der Waals surface area contributed by atoms with Crippen molar-refractivity contribution >= 4 is 50.7 Å². The average molecular weight is 595 g/mol. The Bertz CT molecular complexity index is 1410. The zero-order valence-electron chi connectivity index (χ0n) is 22.0. The van der Waals surface area contributed by atoms with Crippen LogP contribution in [0.2, 0.25) is 10.0 Å². The molecule has 11 heteroatoms. The van der Waals surface area contributed by atoms with E-state index in [1.54, 1.807) is 44.2 Å². The smallest absolute Gasteiger partial charge is 0.264 e. The molecule has 0 saturated carbocycles. The fraction of sp³-hybridized carbons (Fsp3) is 0.286. The van der Waals surface area contributed by atoms with E-state index in [0.29, 0.717) is 15.6 Å². The molecule has 0 unspecified atom stereocenters. The van der Waals surface area contributed by atoms with Crippen molar-refractivity contribution in [2.75, 3.05) is 10.8 Å². The molecule has 0 aliphatic rings. The van der Waals surface area contributed by atoms with Gasteiger partial charge in [-0.15, -0.1) is 0 Å². The molecule has 2 amide bonds. The van der Waals surface area contributed by atoms with Crippen molar-refractivity contribution in [1.82, 2.24) is 10.2 Å². The lowest BCUT2D eigenvalue weighted by Crippen LogP contribution is -2.52. The highest BCUT2D eigenvalue weighted by Crippen LogP contribution is 2.28. The Morgan fingerprint density at radius 3 is 2.03 bits per heavy atom. The number of anilines is 1. The third kappa shape index (κ3) is 7.50. The molecule has 0 saturated heterocycles. The maximum atomic E-state index is 13.9. The summed E-state index contributed by atoms with van der Waals surface area (Å²) in [6.45, 7) is 6.11. The topological polar surface area (TPSA) is 86.8 Å². The SMILES string of the molecule is Cc1ccc(S(=O)(=O)N(CC(=O)N(Cc2c(Cl)cccc2Cl)[C@@H](C)C(=O)NC(C)C)c2ccc(F)cc2)cc1. The Labute approximate surface area is 238 Å². The first-order chi connectivity index (χ1) is 18.3. The molecule has 1 atom stereocenters. The molecule has 0 radical (unpaired) electrons. The van der Waals surface area contributed by atoms with Crippen molar-refractivity contribution in [2.45, 2.75) is 51.2 Å². The van der Waals surface area contributed by atoms with Crippen LogP contribution in [-0.4, -0.2) is 43.8 Å². The monoisotopic (exact) mass is 593 g/mol. The molecule has 0 fully saturated rings. The fourth-order valence-corrected chi connectivity index (χ4v) is 5.75. The maximum absolute atomic E-state index is 13.9. The van der Waals surface area contributed by atoms with Gasteiger partial charge in [0.05, 0.1) is 10.6 Å². The number of hydrogen-bond donors (Lipinski definition) is 1. The van der Waals surface area contributed by atoms with E-state index in [0.717, 1.165) is 22.0 Å². The molecular formula is C28H30Cl2FN3O4S. The van der Waals surface area contributed by atoms with Crippen LogP contribution in [-0.2, 0) is 26.2 Å². The van der Waals surface area contributed by atoms with Crippen LogP contribution in [0.25, 0.3) is 0 Å². The number of halogens is 3. The lowest BCUT2D eigenvalue weighted by atomic mass is 10.1. The van der Waals surface area contributed by atoms with Gasteiger partial charge in [-0.25, -0.2) is 12.8 Å². The second kappa shape index (κ2) is 12.8. The molecule has 39 heavy (non-hydrogen) atoms. The van der Waals surface area contributed by atoms with E-state index < -0.39 is 40.2 Å². The van der Waals surface area contributed by atoms with Gasteiger partial charge >= 0.3 is 0 Å². The van der Waals surface area contributed by atoms with Crippen LogP contribution in [0, 0.1) is 12.7 Å². The second-order valence-corrected chi connectivity index (χ2v) is 12.0. The molecule has 7 nitrogen and oxygen atoms in total. The number of rotatable bonds is 10. The van der Waals surface area contributed by atoms with E-state index in [2.05, 4.69) is 5.32 Å². The maximum Gasteiger partial charge on any atom is 0.264 e. The molecular weight excluding hydrogens is 564 g/mol. The summed E-state index contributed by atoms with van der Waals surface area (Å²) in [5.41, 5.74) is 1.35. The molecule has 0 spiro atoms. The summed E-state index contributed by atoms with van der Waals surface area (Å²) in [4.78, 5) is 28.0. The van der Waals surface area contributed by atoms with Crippen LogP contribution in [0.3, 0.4) is 0 Å². The highest BCUT2D eigenvalue weighted by molar-refractivity contribution is 7.92. The highest BCUT2D eigenvalue weighted by Gasteiger charge is 2.33. The minimum atomic E-state index is -4.26. The van der Waals surface area contributed by atoms with Gasteiger partial charge in [-0.05, 0) is 76.2 Å². The molecule has 3 aromatic rings. The summed E-state index contributed by atoms with van der Waals surface area (Å²) in [5, 5.41) is 3.36.